The number of carbonyl (C=O) groups excluding carboxylic acids is 2. The van der Waals surface area contributed by atoms with Gasteiger partial charge in [-0.15, -0.1) is 11.6 Å². The number of alkyl halides is 1. The predicted octanol–water partition coefficient (Wildman–Crippen LogP) is 7.14. The van der Waals surface area contributed by atoms with Gasteiger partial charge in [0.25, 0.3) is 5.91 Å². The molecule has 1 amide bonds. The molecule has 6 rings (SSSR count). The smallest absolute Gasteiger partial charge is 0.255 e. The molecule has 0 spiro atoms. The molecule has 3 heterocycles. The first-order valence-electron chi connectivity index (χ1n) is 13.6. The van der Waals surface area contributed by atoms with Gasteiger partial charge >= 0.3 is 0 Å². The SMILES string of the molecule is CC.CCl.COc1cc2c(c3c(C)cccc13)CCN2C.O=Cc1cn2cc(NC(=O)c3ccc(O)cc3)ccc2n1. The second kappa shape index (κ2) is 14.9. The number of aryl methyl sites for hydroxylation is 1. The number of fused-ring (bicyclic) bond motifs is 4. The summed E-state index contributed by atoms with van der Waals surface area (Å²) in [6.45, 7) is 7.28. The van der Waals surface area contributed by atoms with Crippen LogP contribution in [0.5, 0.6) is 11.5 Å². The van der Waals surface area contributed by atoms with Crippen LogP contribution in [0.25, 0.3) is 16.4 Å². The number of aldehydes is 1. The normalized spacial score (nSPS) is 11.3. The van der Waals surface area contributed by atoms with Gasteiger partial charge in [0, 0.05) is 55.1 Å². The second-order valence-electron chi connectivity index (χ2n) is 9.21. The van der Waals surface area contributed by atoms with E-state index in [0.29, 0.717) is 28.9 Å². The minimum Gasteiger partial charge on any atom is -0.508 e. The van der Waals surface area contributed by atoms with Crippen molar-refractivity contribution in [3.05, 3.63) is 95.4 Å². The molecule has 1 aliphatic heterocycles. The Morgan fingerprint density at radius 3 is 2.45 bits per heavy atom. The van der Waals surface area contributed by atoms with E-state index in [1.807, 2.05) is 13.8 Å². The Morgan fingerprint density at radius 1 is 1.07 bits per heavy atom. The standard InChI is InChI=1S/C15H11N3O3.C15H17NO.C2H6.CH3Cl/c19-9-12-8-18-7-11(3-6-14(18)16-12)17-15(21)10-1-4-13(20)5-2-10;1-10-5-4-6-12-14(17-3)9-13-11(15(10)12)7-8-16(13)2;2*1-2/h1-9,20H,(H,17,21);4-6,9H,7-8H2,1-3H3;1-2H3;1H3. The fourth-order valence-corrected chi connectivity index (χ4v) is 4.81. The second-order valence-corrected chi connectivity index (χ2v) is 9.21. The van der Waals surface area contributed by atoms with Crippen LogP contribution in [0.3, 0.4) is 0 Å². The van der Waals surface area contributed by atoms with Gasteiger partial charge in [-0.25, -0.2) is 4.98 Å². The Kier molecular flexibility index (Phi) is 11.3. The number of hydrogen-bond acceptors (Lipinski definition) is 6. The van der Waals surface area contributed by atoms with E-state index >= 15 is 0 Å². The first-order valence-corrected chi connectivity index (χ1v) is 14.4. The summed E-state index contributed by atoms with van der Waals surface area (Å²) >= 11 is 4.64. The topological polar surface area (TPSA) is 96.2 Å². The average molecular weight is 589 g/mol. The van der Waals surface area contributed by atoms with E-state index in [1.54, 1.807) is 36.0 Å². The average Bonchev–Trinajstić information content (AvgIpc) is 3.62. The zero-order valence-electron chi connectivity index (χ0n) is 24.8. The van der Waals surface area contributed by atoms with Crippen molar-refractivity contribution in [2.24, 2.45) is 0 Å². The van der Waals surface area contributed by atoms with Gasteiger partial charge in [0.1, 0.15) is 22.8 Å². The summed E-state index contributed by atoms with van der Waals surface area (Å²) in [5.41, 5.74) is 6.11. The summed E-state index contributed by atoms with van der Waals surface area (Å²) in [5, 5.41) is 14.6. The molecule has 0 aliphatic carbocycles. The molecule has 9 heteroatoms. The lowest BCUT2D eigenvalue weighted by atomic mass is 9.97. The lowest BCUT2D eigenvalue weighted by Gasteiger charge is -2.16. The van der Waals surface area contributed by atoms with E-state index in [9.17, 15) is 14.7 Å². The third-order valence-corrected chi connectivity index (χ3v) is 6.72. The maximum Gasteiger partial charge on any atom is 0.255 e. The van der Waals surface area contributed by atoms with E-state index in [-0.39, 0.29) is 11.7 Å². The highest BCUT2D eigenvalue weighted by molar-refractivity contribution is 6.15. The Bertz CT molecular complexity index is 1670. The quantitative estimate of drug-likeness (QED) is 0.171. The Hall–Kier alpha value is -4.56. The van der Waals surface area contributed by atoms with Crippen LogP contribution in [-0.2, 0) is 6.42 Å². The number of carbonyl (C=O) groups is 2. The highest BCUT2D eigenvalue weighted by Crippen LogP contribution is 2.40. The van der Waals surface area contributed by atoms with Gasteiger partial charge in [-0.3, -0.25) is 9.59 Å². The lowest BCUT2D eigenvalue weighted by Crippen LogP contribution is -2.12. The molecule has 8 nitrogen and oxygen atoms in total. The van der Waals surface area contributed by atoms with E-state index in [4.69, 9.17) is 4.74 Å². The van der Waals surface area contributed by atoms with Crippen molar-refractivity contribution in [1.82, 2.24) is 9.38 Å². The van der Waals surface area contributed by atoms with Gasteiger partial charge in [0.2, 0.25) is 0 Å². The molecular formula is C33H37ClN4O4. The Labute approximate surface area is 251 Å². The lowest BCUT2D eigenvalue weighted by molar-refractivity contribution is 0.102. The molecule has 3 aromatic carbocycles. The van der Waals surface area contributed by atoms with Crippen molar-refractivity contribution in [3.63, 3.8) is 0 Å². The predicted molar refractivity (Wildman–Crippen MR) is 172 cm³/mol. The monoisotopic (exact) mass is 588 g/mol. The summed E-state index contributed by atoms with van der Waals surface area (Å²) in [4.78, 5) is 29.1. The van der Waals surface area contributed by atoms with Crippen LogP contribution in [0, 0.1) is 6.92 Å². The number of methoxy groups -OCH3 is 1. The van der Waals surface area contributed by atoms with E-state index in [1.165, 1.54) is 58.2 Å². The number of hydrogen-bond donors (Lipinski definition) is 2. The third-order valence-electron chi connectivity index (χ3n) is 6.72. The first-order chi connectivity index (χ1) is 20.4. The molecule has 5 aromatic rings. The van der Waals surface area contributed by atoms with Crippen molar-refractivity contribution >= 4 is 51.6 Å². The van der Waals surface area contributed by atoms with Crippen LogP contribution < -0.4 is 15.0 Å². The molecule has 220 valence electrons. The minimum absolute atomic E-state index is 0.104. The van der Waals surface area contributed by atoms with Crippen molar-refractivity contribution in [1.29, 1.82) is 0 Å². The minimum atomic E-state index is -0.287. The Balaban J connectivity index is 0.000000210. The zero-order chi connectivity index (χ0) is 30.8. The van der Waals surface area contributed by atoms with Crippen LogP contribution >= 0.6 is 11.6 Å². The number of ether oxygens (including phenoxy) is 1. The largest absolute Gasteiger partial charge is 0.508 e. The summed E-state index contributed by atoms with van der Waals surface area (Å²) in [6, 6.07) is 18.0. The molecule has 2 aromatic heterocycles. The van der Waals surface area contributed by atoms with Crippen LogP contribution in [0.1, 0.15) is 45.8 Å². The van der Waals surface area contributed by atoms with Gasteiger partial charge < -0.3 is 24.5 Å². The molecule has 0 unspecified atom stereocenters. The molecule has 42 heavy (non-hydrogen) atoms. The highest BCUT2D eigenvalue weighted by Gasteiger charge is 2.21. The zero-order valence-corrected chi connectivity index (χ0v) is 25.6. The number of aromatic nitrogens is 2. The number of aromatic hydroxyl groups is 1. The van der Waals surface area contributed by atoms with Crippen molar-refractivity contribution < 1.29 is 19.4 Å². The van der Waals surface area contributed by atoms with E-state index < -0.39 is 0 Å². The van der Waals surface area contributed by atoms with Crippen molar-refractivity contribution in [2.45, 2.75) is 27.2 Å². The number of imidazole rings is 1. The van der Waals surface area contributed by atoms with Gasteiger partial charge in [0.05, 0.1) is 12.8 Å². The molecule has 2 N–H and O–H groups in total. The number of nitrogens with one attached hydrogen (secondary N) is 1. The fraction of sp³-hybridized carbons (Fsp3) is 0.242. The highest BCUT2D eigenvalue weighted by atomic mass is 35.5. The summed E-state index contributed by atoms with van der Waals surface area (Å²) in [5.74, 6) is 0.800. The van der Waals surface area contributed by atoms with Gasteiger partial charge in [-0.1, -0.05) is 32.0 Å². The summed E-state index contributed by atoms with van der Waals surface area (Å²) in [6.07, 6.45) is 6.53. The number of halogens is 1. The van der Waals surface area contributed by atoms with Crippen molar-refractivity contribution in [3.8, 4) is 11.5 Å². The number of pyridine rings is 1. The van der Waals surface area contributed by atoms with Gasteiger partial charge in [0.15, 0.2) is 6.29 Å². The summed E-state index contributed by atoms with van der Waals surface area (Å²) < 4.78 is 7.19. The number of benzene rings is 3. The molecule has 0 saturated heterocycles. The fourth-order valence-electron chi connectivity index (χ4n) is 4.81. The van der Waals surface area contributed by atoms with Gasteiger partial charge in [-0.2, -0.15) is 0 Å². The molecule has 0 radical (unpaired) electrons. The van der Waals surface area contributed by atoms with Gasteiger partial charge in [-0.05, 0) is 66.3 Å². The number of likely N-dealkylation sites (N-methyl/N-ethyl adjacent to an activating group) is 1. The maximum absolute atomic E-state index is 12.0. The summed E-state index contributed by atoms with van der Waals surface area (Å²) in [7, 11) is 3.90. The van der Waals surface area contributed by atoms with Crippen molar-refractivity contribution in [2.75, 3.05) is 37.3 Å². The number of phenols is 1. The molecule has 0 saturated carbocycles. The number of phenolic OH excluding ortho intramolecular Hbond substituents is 1. The third kappa shape index (κ3) is 7.01. The van der Waals surface area contributed by atoms with E-state index in [0.717, 1.165) is 18.7 Å². The molecule has 1 aliphatic rings. The number of amides is 1. The molecule has 0 atom stereocenters. The first kappa shape index (κ1) is 32.0. The molecule has 0 bridgehead atoms. The number of nitrogens with zero attached hydrogens (tertiary/aromatic N) is 3. The van der Waals surface area contributed by atoms with Crippen LogP contribution in [0.15, 0.2) is 73.1 Å². The number of anilines is 2. The number of rotatable bonds is 4. The maximum atomic E-state index is 12.0. The van der Waals surface area contributed by atoms with Crippen LogP contribution in [-0.4, -0.2) is 53.8 Å². The molecule has 0 fully saturated rings. The van der Waals surface area contributed by atoms with Crippen LogP contribution in [0.2, 0.25) is 0 Å². The molecular weight excluding hydrogens is 552 g/mol. The Morgan fingerprint density at radius 2 is 1.79 bits per heavy atom. The van der Waals surface area contributed by atoms with E-state index in [2.05, 4.69) is 65.0 Å². The van der Waals surface area contributed by atoms with Crippen LogP contribution in [0.4, 0.5) is 11.4 Å².